The summed E-state index contributed by atoms with van der Waals surface area (Å²) in [7, 11) is 1.69. The molecule has 1 aliphatic carbocycles. The van der Waals surface area contributed by atoms with E-state index in [1.165, 1.54) is 0 Å². The standard InChI is InChI=1S/C27H26N4O2/c1-16-9-5-7-11-19(16)31-21-13-26(2,3)14-22(32)23(21)27(18(15-28)24(31)29)17-10-6-8-12-20(17)30(4)25(27)33/h5-12H,13-14,29H2,1-4H3. The van der Waals surface area contributed by atoms with E-state index in [4.69, 9.17) is 5.73 Å². The van der Waals surface area contributed by atoms with Crippen LogP contribution in [0, 0.1) is 23.7 Å². The molecule has 0 saturated heterocycles. The van der Waals surface area contributed by atoms with Crippen LogP contribution in [0.25, 0.3) is 0 Å². The maximum absolute atomic E-state index is 14.0. The Morgan fingerprint density at radius 3 is 2.30 bits per heavy atom. The van der Waals surface area contributed by atoms with Crippen LogP contribution in [0.15, 0.2) is 71.2 Å². The molecule has 5 rings (SSSR count). The highest BCUT2D eigenvalue weighted by molar-refractivity contribution is 6.20. The Morgan fingerprint density at radius 2 is 1.64 bits per heavy atom. The van der Waals surface area contributed by atoms with Crippen LogP contribution in [0.3, 0.4) is 0 Å². The number of likely N-dealkylation sites (N-methyl/N-ethyl adjacent to an activating group) is 1. The van der Waals surface area contributed by atoms with Gasteiger partial charge in [0.2, 0.25) is 5.91 Å². The van der Waals surface area contributed by atoms with Crippen molar-refractivity contribution in [3.05, 3.63) is 82.3 Å². The number of hydrogen-bond donors (Lipinski definition) is 1. The predicted molar refractivity (Wildman–Crippen MR) is 127 cm³/mol. The minimum Gasteiger partial charge on any atom is -0.384 e. The fourth-order valence-electron chi connectivity index (χ4n) is 5.75. The number of nitriles is 1. The predicted octanol–water partition coefficient (Wildman–Crippen LogP) is 4.07. The van der Waals surface area contributed by atoms with E-state index in [0.717, 1.165) is 11.3 Å². The molecule has 2 aromatic carbocycles. The number of carbonyl (C=O) groups is 2. The lowest BCUT2D eigenvalue weighted by atomic mass is 9.60. The number of nitrogens with two attached hydrogens (primary N) is 1. The van der Waals surface area contributed by atoms with Gasteiger partial charge < -0.3 is 10.6 Å². The van der Waals surface area contributed by atoms with Crippen molar-refractivity contribution in [3.8, 4) is 6.07 Å². The topological polar surface area (TPSA) is 90.4 Å². The lowest BCUT2D eigenvalue weighted by molar-refractivity contribution is -0.124. The molecular formula is C27H26N4O2. The summed E-state index contributed by atoms with van der Waals surface area (Å²) in [5, 5.41) is 10.4. The van der Waals surface area contributed by atoms with E-state index >= 15 is 0 Å². The number of nitrogens with zero attached hydrogens (tertiary/aromatic N) is 3. The number of carbonyl (C=O) groups excluding carboxylic acids is 2. The van der Waals surface area contributed by atoms with Crippen molar-refractivity contribution >= 4 is 23.1 Å². The van der Waals surface area contributed by atoms with E-state index < -0.39 is 5.41 Å². The number of anilines is 2. The number of para-hydroxylation sites is 2. The molecule has 3 aliphatic rings. The first-order chi connectivity index (χ1) is 15.6. The van der Waals surface area contributed by atoms with Crippen LogP contribution >= 0.6 is 0 Å². The van der Waals surface area contributed by atoms with E-state index in [2.05, 4.69) is 6.07 Å². The van der Waals surface area contributed by atoms with Gasteiger partial charge in [0, 0.05) is 36.0 Å². The molecule has 2 aliphatic heterocycles. The second-order valence-corrected chi connectivity index (χ2v) is 9.89. The quantitative estimate of drug-likeness (QED) is 0.725. The number of hydrogen-bond acceptors (Lipinski definition) is 5. The van der Waals surface area contributed by atoms with Gasteiger partial charge >= 0.3 is 0 Å². The molecule has 6 heteroatoms. The van der Waals surface area contributed by atoms with Crippen molar-refractivity contribution in [1.82, 2.24) is 0 Å². The van der Waals surface area contributed by atoms with Crippen molar-refractivity contribution < 1.29 is 9.59 Å². The zero-order chi connectivity index (χ0) is 23.7. The number of rotatable bonds is 1. The molecule has 2 aromatic rings. The van der Waals surface area contributed by atoms with Crippen molar-refractivity contribution in [3.63, 3.8) is 0 Å². The molecule has 2 N–H and O–H groups in total. The van der Waals surface area contributed by atoms with Crippen LogP contribution in [0.2, 0.25) is 0 Å². The molecule has 1 unspecified atom stereocenters. The van der Waals surface area contributed by atoms with Crippen LogP contribution in [-0.2, 0) is 15.0 Å². The number of allylic oxidation sites excluding steroid dienone is 1. The lowest BCUT2D eigenvalue weighted by Crippen LogP contribution is -2.53. The Hall–Kier alpha value is -3.85. The number of ketones is 1. The number of benzene rings is 2. The van der Waals surface area contributed by atoms with E-state index in [1.54, 1.807) is 11.9 Å². The summed E-state index contributed by atoms with van der Waals surface area (Å²) < 4.78 is 0. The molecule has 166 valence electrons. The van der Waals surface area contributed by atoms with E-state index in [1.807, 2.05) is 74.2 Å². The van der Waals surface area contributed by atoms with Crippen LogP contribution in [0.1, 0.15) is 37.8 Å². The molecule has 0 aromatic heterocycles. The van der Waals surface area contributed by atoms with Crippen molar-refractivity contribution in [1.29, 1.82) is 5.26 Å². The second kappa shape index (κ2) is 6.82. The minimum atomic E-state index is -1.52. The highest BCUT2D eigenvalue weighted by atomic mass is 16.2. The highest BCUT2D eigenvalue weighted by Gasteiger charge is 2.62. The molecule has 2 heterocycles. The summed E-state index contributed by atoms with van der Waals surface area (Å²) in [6.45, 7) is 6.07. The van der Waals surface area contributed by atoms with Crippen LogP contribution < -0.4 is 15.5 Å². The summed E-state index contributed by atoms with van der Waals surface area (Å²) >= 11 is 0. The smallest absolute Gasteiger partial charge is 0.247 e. The van der Waals surface area contributed by atoms with Crippen molar-refractivity contribution in [2.75, 3.05) is 16.8 Å². The summed E-state index contributed by atoms with van der Waals surface area (Å²) in [6.07, 6.45) is 0.857. The molecule has 0 fully saturated rings. The van der Waals surface area contributed by atoms with Crippen molar-refractivity contribution in [2.45, 2.75) is 39.0 Å². The van der Waals surface area contributed by atoms with Gasteiger partial charge in [0.1, 0.15) is 17.3 Å². The third-order valence-electron chi connectivity index (χ3n) is 7.13. The molecule has 1 atom stereocenters. The fourth-order valence-corrected chi connectivity index (χ4v) is 5.75. The van der Waals surface area contributed by atoms with Crippen LogP contribution in [-0.4, -0.2) is 18.7 Å². The Morgan fingerprint density at radius 1 is 1.00 bits per heavy atom. The average Bonchev–Trinajstić information content (AvgIpc) is 2.97. The normalized spacial score (nSPS) is 23.7. The maximum atomic E-state index is 14.0. The number of Topliss-reactive ketones (excluding diaryl/α,β-unsaturated/α-hetero) is 1. The molecule has 1 spiro atoms. The maximum Gasteiger partial charge on any atom is 0.247 e. The molecule has 6 nitrogen and oxygen atoms in total. The second-order valence-electron chi connectivity index (χ2n) is 9.89. The largest absolute Gasteiger partial charge is 0.384 e. The molecule has 1 amide bonds. The van der Waals surface area contributed by atoms with Crippen molar-refractivity contribution in [2.24, 2.45) is 11.1 Å². The molecule has 0 radical (unpaired) electrons. The first-order valence-electron chi connectivity index (χ1n) is 11.1. The Labute approximate surface area is 193 Å². The Balaban J connectivity index is 1.94. The highest BCUT2D eigenvalue weighted by Crippen LogP contribution is 2.58. The van der Waals surface area contributed by atoms with E-state index in [9.17, 15) is 14.9 Å². The lowest BCUT2D eigenvalue weighted by Gasteiger charge is -2.47. The molecule has 33 heavy (non-hydrogen) atoms. The summed E-state index contributed by atoms with van der Waals surface area (Å²) in [5.41, 5.74) is 9.24. The molecule has 0 bridgehead atoms. The van der Waals surface area contributed by atoms with E-state index in [0.29, 0.717) is 35.4 Å². The monoisotopic (exact) mass is 438 g/mol. The summed E-state index contributed by atoms with van der Waals surface area (Å²) in [6, 6.07) is 17.4. The van der Waals surface area contributed by atoms with E-state index in [-0.39, 0.29) is 28.5 Å². The van der Waals surface area contributed by atoms with Gasteiger partial charge in [0.15, 0.2) is 5.78 Å². The Kier molecular flexibility index (Phi) is 4.35. The van der Waals surface area contributed by atoms with Gasteiger partial charge in [-0.05, 0) is 36.5 Å². The minimum absolute atomic E-state index is 0.111. The SMILES string of the molecule is Cc1ccccc1N1C(N)=C(C#N)C2(C(=O)N(C)c3ccccc32)C2=C1CC(C)(C)CC2=O. The molecular weight excluding hydrogens is 412 g/mol. The van der Waals surface area contributed by atoms with Crippen LogP contribution in [0.4, 0.5) is 11.4 Å². The van der Waals surface area contributed by atoms with Gasteiger partial charge in [-0.2, -0.15) is 5.26 Å². The fraction of sp³-hybridized carbons (Fsp3) is 0.296. The third-order valence-corrected chi connectivity index (χ3v) is 7.13. The first-order valence-corrected chi connectivity index (χ1v) is 11.1. The summed E-state index contributed by atoms with van der Waals surface area (Å²) in [4.78, 5) is 31.3. The van der Waals surface area contributed by atoms with Gasteiger partial charge in [-0.25, -0.2) is 0 Å². The number of aryl methyl sites for hydroxylation is 1. The Bertz CT molecular complexity index is 1340. The van der Waals surface area contributed by atoms with Crippen LogP contribution in [0.5, 0.6) is 0 Å². The van der Waals surface area contributed by atoms with Gasteiger partial charge in [-0.15, -0.1) is 0 Å². The number of fused-ring (bicyclic) bond motifs is 3. The first kappa shape index (κ1) is 21.0. The van der Waals surface area contributed by atoms with Gasteiger partial charge in [-0.1, -0.05) is 50.2 Å². The number of amides is 1. The third kappa shape index (κ3) is 2.59. The zero-order valence-electron chi connectivity index (χ0n) is 19.3. The summed E-state index contributed by atoms with van der Waals surface area (Å²) in [5.74, 6) is -0.221. The molecule has 0 saturated carbocycles. The van der Waals surface area contributed by atoms with Gasteiger partial charge in [-0.3, -0.25) is 14.5 Å². The van der Waals surface area contributed by atoms with Gasteiger partial charge in [0.05, 0.1) is 11.3 Å². The average molecular weight is 439 g/mol. The zero-order valence-corrected chi connectivity index (χ0v) is 19.3. The van der Waals surface area contributed by atoms with Gasteiger partial charge in [0.25, 0.3) is 0 Å².